The van der Waals surface area contributed by atoms with Crippen molar-refractivity contribution in [1.82, 2.24) is 20.2 Å². The predicted octanol–water partition coefficient (Wildman–Crippen LogP) is 2.40. The van der Waals surface area contributed by atoms with Crippen molar-refractivity contribution in [2.45, 2.75) is 45.4 Å². The van der Waals surface area contributed by atoms with Gasteiger partial charge in [-0.15, -0.1) is 0 Å². The second-order valence-electron chi connectivity index (χ2n) is 4.68. The molecule has 2 rings (SSSR count). The SMILES string of the molecule is CCCCCCC/C=N\Nc1nc(=O)[nH]c2[nH]ncc12. The Morgan fingerprint density at radius 1 is 1.35 bits per heavy atom. The molecule has 0 radical (unpaired) electrons. The molecule has 0 aliphatic heterocycles. The fourth-order valence-corrected chi connectivity index (χ4v) is 1.95. The number of rotatable bonds is 8. The zero-order valence-corrected chi connectivity index (χ0v) is 11.6. The molecule has 0 aliphatic rings. The smallest absolute Gasteiger partial charge is 0.290 e. The molecule has 2 heterocycles. The minimum Gasteiger partial charge on any atom is -0.290 e. The van der Waals surface area contributed by atoms with Gasteiger partial charge in [-0.3, -0.25) is 15.5 Å². The summed E-state index contributed by atoms with van der Waals surface area (Å²) in [6, 6.07) is 0. The summed E-state index contributed by atoms with van der Waals surface area (Å²) < 4.78 is 0. The zero-order chi connectivity index (χ0) is 14.2. The number of hydrazone groups is 1. The lowest BCUT2D eigenvalue weighted by atomic mass is 10.1. The van der Waals surface area contributed by atoms with Crippen LogP contribution in [0.5, 0.6) is 0 Å². The van der Waals surface area contributed by atoms with E-state index >= 15 is 0 Å². The molecule has 0 amide bonds. The van der Waals surface area contributed by atoms with E-state index in [4.69, 9.17) is 0 Å². The molecular formula is C13H20N6O. The number of hydrogen-bond acceptors (Lipinski definition) is 5. The van der Waals surface area contributed by atoms with Gasteiger partial charge in [0.1, 0.15) is 5.65 Å². The Labute approximate surface area is 116 Å². The number of unbranched alkanes of at least 4 members (excludes halogenated alkanes) is 5. The predicted molar refractivity (Wildman–Crippen MR) is 80.0 cm³/mol. The highest BCUT2D eigenvalue weighted by atomic mass is 16.1. The summed E-state index contributed by atoms with van der Waals surface area (Å²) in [6.07, 6.45) is 10.5. The van der Waals surface area contributed by atoms with E-state index in [1.807, 2.05) is 6.21 Å². The Kier molecular flexibility index (Phi) is 5.28. The third kappa shape index (κ3) is 3.91. The van der Waals surface area contributed by atoms with Gasteiger partial charge in [0.15, 0.2) is 5.82 Å². The van der Waals surface area contributed by atoms with Crippen LogP contribution < -0.4 is 11.1 Å². The van der Waals surface area contributed by atoms with Crippen molar-refractivity contribution >= 4 is 23.1 Å². The van der Waals surface area contributed by atoms with Crippen LogP contribution in [0.25, 0.3) is 11.0 Å². The number of H-pyrrole nitrogens is 2. The largest absolute Gasteiger partial charge is 0.348 e. The number of aromatic nitrogens is 4. The highest BCUT2D eigenvalue weighted by Gasteiger charge is 2.05. The molecule has 0 bridgehead atoms. The van der Waals surface area contributed by atoms with Gasteiger partial charge in [0.25, 0.3) is 0 Å². The van der Waals surface area contributed by atoms with Crippen LogP contribution in [0.2, 0.25) is 0 Å². The first-order valence-corrected chi connectivity index (χ1v) is 7.02. The molecule has 0 fully saturated rings. The summed E-state index contributed by atoms with van der Waals surface area (Å²) in [7, 11) is 0. The van der Waals surface area contributed by atoms with Gasteiger partial charge in [-0.2, -0.15) is 15.2 Å². The van der Waals surface area contributed by atoms with Crippen molar-refractivity contribution in [2.75, 3.05) is 5.43 Å². The number of fused-ring (bicyclic) bond motifs is 1. The van der Waals surface area contributed by atoms with Crippen LogP contribution in [0.15, 0.2) is 16.1 Å². The molecule has 0 atom stereocenters. The maximum Gasteiger partial charge on any atom is 0.348 e. The topological polar surface area (TPSA) is 98.8 Å². The van der Waals surface area contributed by atoms with Crippen molar-refractivity contribution < 1.29 is 0 Å². The number of aromatic amines is 2. The lowest BCUT2D eigenvalue weighted by Crippen LogP contribution is -2.12. The average Bonchev–Trinajstić information content (AvgIpc) is 2.89. The molecule has 108 valence electrons. The number of anilines is 1. The van der Waals surface area contributed by atoms with Crippen molar-refractivity contribution in [3.05, 3.63) is 16.7 Å². The van der Waals surface area contributed by atoms with E-state index in [9.17, 15) is 4.79 Å². The highest BCUT2D eigenvalue weighted by molar-refractivity contribution is 5.85. The maximum absolute atomic E-state index is 11.3. The summed E-state index contributed by atoms with van der Waals surface area (Å²) in [5, 5.41) is 11.4. The van der Waals surface area contributed by atoms with E-state index in [0.29, 0.717) is 16.9 Å². The Balaban J connectivity index is 1.83. The number of nitrogens with zero attached hydrogens (tertiary/aromatic N) is 3. The quantitative estimate of drug-likeness (QED) is 0.391. The number of nitrogens with one attached hydrogen (secondary N) is 3. The van der Waals surface area contributed by atoms with Crippen molar-refractivity contribution in [2.24, 2.45) is 5.10 Å². The molecular weight excluding hydrogens is 256 g/mol. The van der Waals surface area contributed by atoms with Crippen LogP contribution in [0.4, 0.5) is 5.82 Å². The van der Waals surface area contributed by atoms with Gasteiger partial charge in [0.2, 0.25) is 0 Å². The number of hydrogen-bond donors (Lipinski definition) is 3. The normalized spacial score (nSPS) is 11.4. The van der Waals surface area contributed by atoms with Crippen LogP contribution >= 0.6 is 0 Å². The standard InChI is InChI=1S/C13H20N6O/c1-2-3-4-5-6-7-8-14-18-11-10-9-15-19-12(10)17-13(20)16-11/h8-9H,2-7H2,1H3,(H3,15,16,17,18,19,20)/b14-8-. The fourth-order valence-electron chi connectivity index (χ4n) is 1.95. The first kappa shape index (κ1) is 14.2. The lowest BCUT2D eigenvalue weighted by molar-refractivity contribution is 0.645. The minimum atomic E-state index is -0.431. The van der Waals surface area contributed by atoms with Gasteiger partial charge in [-0.1, -0.05) is 32.6 Å². The van der Waals surface area contributed by atoms with Crippen LogP contribution in [0, 0.1) is 0 Å². The third-order valence-corrected chi connectivity index (χ3v) is 3.04. The Morgan fingerprint density at radius 2 is 2.20 bits per heavy atom. The monoisotopic (exact) mass is 276 g/mol. The van der Waals surface area contributed by atoms with Gasteiger partial charge in [-0.25, -0.2) is 4.79 Å². The highest BCUT2D eigenvalue weighted by Crippen LogP contribution is 2.14. The molecule has 0 saturated carbocycles. The van der Waals surface area contributed by atoms with E-state index in [1.54, 1.807) is 6.20 Å². The molecule has 2 aromatic rings. The zero-order valence-electron chi connectivity index (χ0n) is 11.6. The summed E-state index contributed by atoms with van der Waals surface area (Å²) in [6.45, 7) is 2.20. The molecule has 0 aliphatic carbocycles. The van der Waals surface area contributed by atoms with Gasteiger partial charge in [0, 0.05) is 6.21 Å². The first-order chi connectivity index (χ1) is 9.81. The molecule has 2 aromatic heterocycles. The van der Waals surface area contributed by atoms with Crippen LogP contribution in [-0.2, 0) is 0 Å². The van der Waals surface area contributed by atoms with E-state index in [2.05, 4.69) is 37.6 Å². The van der Waals surface area contributed by atoms with Crippen LogP contribution in [0.3, 0.4) is 0 Å². The van der Waals surface area contributed by atoms with Crippen molar-refractivity contribution in [1.29, 1.82) is 0 Å². The summed E-state index contributed by atoms with van der Waals surface area (Å²) in [4.78, 5) is 17.7. The third-order valence-electron chi connectivity index (χ3n) is 3.04. The molecule has 0 unspecified atom stereocenters. The second kappa shape index (κ2) is 7.42. The van der Waals surface area contributed by atoms with Gasteiger partial charge in [-0.05, 0) is 12.8 Å². The Hall–Kier alpha value is -2.18. The Bertz CT molecular complexity index is 615. The molecule has 0 spiro atoms. The molecule has 0 aromatic carbocycles. The van der Waals surface area contributed by atoms with Crippen LogP contribution in [0.1, 0.15) is 45.4 Å². The molecule has 20 heavy (non-hydrogen) atoms. The molecule has 7 heteroatoms. The Morgan fingerprint density at radius 3 is 3.05 bits per heavy atom. The fraction of sp³-hybridized carbons (Fsp3) is 0.538. The minimum absolute atomic E-state index is 0.416. The maximum atomic E-state index is 11.3. The van der Waals surface area contributed by atoms with Crippen molar-refractivity contribution in [3.8, 4) is 0 Å². The van der Waals surface area contributed by atoms with Crippen LogP contribution in [-0.4, -0.2) is 26.4 Å². The first-order valence-electron chi connectivity index (χ1n) is 7.02. The molecule has 7 nitrogen and oxygen atoms in total. The van der Waals surface area contributed by atoms with E-state index in [1.165, 1.54) is 25.7 Å². The van der Waals surface area contributed by atoms with Crippen molar-refractivity contribution in [3.63, 3.8) is 0 Å². The van der Waals surface area contributed by atoms with Gasteiger partial charge >= 0.3 is 5.69 Å². The van der Waals surface area contributed by atoms with E-state index in [-0.39, 0.29) is 0 Å². The molecule has 0 saturated heterocycles. The van der Waals surface area contributed by atoms with E-state index < -0.39 is 5.69 Å². The van der Waals surface area contributed by atoms with Gasteiger partial charge < -0.3 is 0 Å². The summed E-state index contributed by atoms with van der Waals surface area (Å²) >= 11 is 0. The second-order valence-corrected chi connectivity index (χ2v) is 4.68. The van der Waals surface area contributed by atoms with Gasteiger partial charge in [0.05, 0.1) is 11.6 Å². The van der Waals surface area contributed by atoms with E-state index in [0.717, 1.165) is 12.8 Å². The summed E-state index contributed by atoms with van der Waals surface area (Å²) in [5.74, 6) is 0.416. The summed E-state index contributed by atoms with van der Waals surface area (Å²) in [5.41, 5.74) is 2.91. The lowest BCUT2D eigenvalue weighted by Gasteiger charge is -1.99. The average molecular weight is 276 g/mol. The molecule has 3 N–H and O–H groups in total.